The molecule has 6 nitrogen and oxygen atoms in total. The van der Waals surface area contributed by atoms with Crippen molar-refractivity contribution in [1.82, 2.24) is 9.55 Å². The minimum atomic E-state index is -0.416. The second-order valence-electron chi connectivity index (χ2n) is 5.52. The lowest BCUT2D eigenvalue weighted by molar-refractivity contribution is 0.354. The van der Waals surface area contributed by atoms with Crippen LogP contribution in [0.5, 0.6) is 11.5 Å². The number of nitrogens with one attached hydrogen (secondary N) is 1. The molecule has 0 aliphatic rings. The third-order valence-corrected chi connectivity index (χ3v) is 4.51. The lowest BCUT2D eigenvalue weighted by Gasteiger charge is -2.10. The van der Waals surface area contributed by atoms with E-state index in [4.69, 9.17) is 9.47 Å². The number of nitrogens with zero attached hydrogens (tertiary/aromatic N) is 1. The maximum atomic E-state index is 12.6. The molecule has 0 amide bonds. The molecule has 0 unspecified atom stereocenters. The van der Waals surface area contributed by atoms with Crippen molar-refractivity contribution in [1.29, 1.82) is 0 Å². The Hall–Kier alpha value is -2.54. The van der Waals surface area contributed by atoms with Crippen molar-refractivity contribution in [3.63, 3.8) is 0 Å². The van der Waals surface area contributed by atoms with E-state index in [1.807, 2.05) is 12.1 Å². The summed E-state index contributed by atoms with van der Waals surface area (Å²) in [5, 5.41) is 0.473. The van der Waals surface area contributed by atoms with Crippen LogP contribution in [0.3, 0.4) is 0 Å². The Morgan fingerprint density at radius 1 is 1.04 bits per heavy atom. The second-order valence-corrected chi connectivity index (χ2v) is 6.43. The highest BCUT2D eigenvalue weighted by atomic mass is 79.9. The lowest BCUT2D eigenvalue weighted by atomic mass is 10.1. The van der Waals surface area contributed by atoms with Gasteiger partial charge in [0.05, 0.1) is 25.1 Å². The van der Waals surface area contributed by atoms with Gasteiger partial charge < -0.3 is 14.5 Å². The topological polar surface area (TPSA) is 73.3 Å². The Morgan fingerprint density at radius 3 is 2.52 bits per heavy atom. The van der Waals surface area contributed by atoms with E-state index in [2.05, 4.69) is 20.9 Å². The van der Waals surface area contributed by atoms with Crippen molar-refractivity contribution in [2.75, 3.05) is 14.2 Å². The van der Waals surface area contributed by atoms with Crippen LogP contribution in [0.15, 0.2) is 50.5 Å². The quantitative estimate of drug-likeness (QED) is 0.709. The molecule has 0 aliphatic carbocycles. The molecule has 1 aromatic heterocycles. The number of hydrogen-bond donors (Lipinski definition) is 1. The zero-order valence-corrected chi connectivity index (χ0v) is 15.4. The van der Waals surface area contributed by atoms with Gasteiger partial charge in [-0.3, -0.25) is 9.36 Å². The van der Waals surface area contributed by atoms with Crippen LogP contribution < -0.4 is 20.7 Å². The maximum absolute atomic E-state index is 12.6. The van der Waals surface area contributed by atoms with Crippen LogP contribution in [0.4, 0.5) is 0 Å². The molecule has 0 saturated heterocycles. The molecular formula is C18H17BrN2O4. The highest BCUT2D eigenvalue weighted by Crippen LogP contribution is 2.27. The first-order chi connectivity index (χ1) is 12.0. The van der Waals surface area contributed by atoms with Gasteiger partial charge in [-0.2, -0.15) is 0 Å². The third-order valence-electron chi connectivity index (χ3n) is 4.02. The van der Waals surface area contributed by atoms with Crippen LogP contribution in [0.2, 0.25) is 0 Å². The summed E-state index contributed by atoms with van der Waals surface area (Å²) >= 11 is 3.35. The van der Waals surface area contributed by atoms with Crippen molar-refractivity contribution in [3.8, 4) is 11.5 Å². The minimum absolute atomic E-state index is 0.270. The molecule has 0 atom stereocenters. The molecule has 0 spiro atoms. The Labute approximate surface area is 152 Å². The standard InChI is InChI=1S/C18H17BrN2O4/c1-24-15-6-3-11(9-16(15)25-2)7-8-21-17(22)13-10-12(19)4-5-14(13)20-18(21)23/h3-6,9-10H,7-8H2,1-2H3,(H,20,23). The van der Waals surface area contributed by atoms with Gasteiger partial charge in [0.1, 0.15) is 0 Å². The monoisotopic (exact) mass is 404 g/mol. The maximum Gasteiger partial charge on any atom is 0.328 e. The molecule has 0 saturated carbocycles. The predicted octanol–water partition coefficient (Wildman–Crippen LogP) is 2.71. The van der Waals surface area contributed by atoms with Gasteiger partial charge in [0, 0.05) is 11.0 Å². The summed E-state index contributed by atoms with van der Waals surface area (Å²) in [6.45, 7) is 0.270. The van der Waals surface area contributed by atoms with Crippen molar-refractivity contribution in [2.24, 2.45) is 0 Å². The number of aromatic amines is 1. The van der Waals surface area contributed by atoms with Crippen LogP contribution in [0, 0.1) is 0 Å². The summed E-state index contributed by atoms with van der Waals surface area (Å²) < 4.78 is 12.5. The zero-order valence-electron chi connectivity index (χ0n) is 13.8. The van der Waals surface area contributed by atoms with Gasteiger partial charge in [-0.1, -0.05) is 22.0 Å². The van der Waals surface area contributed by atoms with Crippen LogP contribution in [-0.4, -0.2) is 23.8 Å². The molecule has 0 fully saturated rings. The fourth-order valence-electron chi connectivity index (χ4n) is 2.70. The van der Waals surface area contributed by atoms with Gasteiger partial charge in [-0.25, -0.2) is 4.79 Å². The highest BCUT2D eigenvalue weighted by Gasteiger charge is 2.09. The number of rotatable bonds is 5. The number of aromatic nitrogens is 2. The van der Waals surface area contributed by atoms with E-state index in [-0.39, 0.29) is 12.1 Å². The zero-order chi connectivity index (χ0) is 18.0. The fourth-order valence-corrected chi connectivity index (χ4v) is 3.06. The average Bonchev–Trinajstić information content (AvgIpc) is 2.62. The molecule has 25 heavy (non-hydrogen) atoms. The molecule has 3 aromatic rings. The van der Waals surface area contributed by atoms with Crippen molar-refractivity contribution in [3.05, 3.63) is 67.3 Å². The smallest absolute Gasteiger partial charge is 0.328 e. The third kappa shape index (κ3) is 3.46. The van der Waals surface area contributed by atoms with Crippen molar-refractivity contribution in [2.45, 2.75) is 13.0 Å². The fraction of sp³-hybridized carbons (Fsp3) is 0.222. The summed E-state index contributed by atoms with van der Waals surface area (Å²) in [5.74, 6) is 1.25. The Bertz CT molecular complexity index is 1040. The van der Waals surface area contributed by atoms with E-state index in [0.717, 1.165) is 10.0 Å². The number of ether oxygens (including phenoxy) is 2. The molecule has 3 rings (SSSR count). The first-order valence-corrected chi connectivity index (χ1v) is 8.46. The Kier molecular flexibility index (Phi) is 4.94. The van der Waals surface area contributed by atoms with Crippen LogP contribution in [0.25, 0.3) is 10.9 Å². The summed E-state index contributed by atoms with van der Waals surface area (Å²) in [7, 11) is 3.14. The van der Waals surface area contributed by atoms with Crippen LogP contribution >= 0.6 is 15.9 Å². The normalized spacial score (nSPS) is 10.8. The summed E-state index contributed by atoms with van der Waals surface area (Å²) in [4.78, 5) is 27.6. The van der Waals surface area contributed by atoms with Crippen LogP contribution in [0.1, 0.15) is 5.56 Å². The first-order valence-electron chi connectivity index (χ1n) is 7.67. The largest absolute Gasteiger partial charge is 0.493 e. The second kappa shape index (κ2) is 7.14. The van der Waals surface area contributed by atoms with Gasteiger partial charge in [0.2, 0.25) is 0 Å². The average molecular weight is 405 g/mol. The first kappa shape index (κ1) is 17.3. The van der Waals surface area contributed by atoms with E-state index < -0.39 is 5.69 Å². The van der Waals surface area contributed by atoms with Crippen molar-refractivity contribution < 1.29 is 9.47 Å². The lowest BCUT2D eigenvalue weighted by Crippen LogP contribution is -2.35. The van der Waals surface area contributed by atoms with E-state index in [9.17, 15) is 9.59 Å². The van der Waals surface area contributed by atoms with Gasteiger partial charge >= 0.3 is 5.69 Å². The molecule has 0 radical (unpaired) electrons. The number of halogens is 1. The van der Waals surface area contributed by atoms with Crippen molar-refractivity contribution >= 4 is 26.8 Å². The van der Waals surface area contributed by atoms with E-state index in [0.29, 0.717) is 28.8 Å². The van der Waals surface area contributed by atoms with E-state index >= 15 is 0 Å². The molecule has 0 bridgehead atoms. The van der Waals surface area contributed by atoms with Gasteiger partial charge in [-0.05, 0) is 42.3 Å². The molecule has 1 N–H and O–H groups in total. The van der Waals surface area contributed by atoms with Gasteiger partial charge in [0.25, 0.3) is 5.56 Å². The van der Waals surface area contributed by atoms with E-state index in [1.165, 1.54) is 4.57 Å². The molecule has 1 heterocycles. The number of hydrogen-bond acceptors (Lipinski definition) is 4. The highest BCUT2D eigenvalue weighted by molar-refractivity contribution is 9.10. The SMILES string of the molecule is COc1ccc(CCn2c(=O)[nH]c3ccc(Br)cc3c2=O)cc1OC. The van der Waals surface area contributed by atoms with Gasteiger partial charge in [-0.15, -0.1) is 0 Å². The molecule has 130 valence electrons. The predicted molar refractivity (Wildman–Crippen MR) is 99.8 cm³/mol. The summed E-state index contributed by atoms with van der Waals surface area (Å²) in [6.07, 6.45) is 0.517. The van der Waals surface area contributed by atoms with Crippen LogP contribution in [-0.2, 0) is 13.0 Å². The minimum Gasteiger partial charge on any atom is -0.493 e. The Balaban J connectivity index is 1.94. The number of benzene rings is 2. The number of H-pyrrole nitrogens is 1. The Morgan fingerprint density at radius 2 is 1.80 bits per heavy atom. The molecular weight excluding hydrogens is 388 g/mol. The number of methoxy groups -OCH3 is 2. The number of fused-ring (bicyclic) bond motifs is 1. The molecule has 2 aromatic carbocycles. The van der Waals surface area contributed by atoms with Gasteiger partial charge in [0.15, 0.2) is 11.5 Å². The molecule has 0 aliphatic heterocycles. The van der Waals surface area contributed by atoms with E-state index in [1.54, 1.807) is 38.5 Å². The number of aryl methyl sites for hydroxylation is 1. The summed E-state index contributed by atoms with van der Waals surface area (Å²) in [6, 6.07) is 10.7. The molecule has 7 heteroatoms. The summed E-state index contributed by atoms with van der Waals surface area (Å²) in [5.41, 5.74) is 0.750.